The van der Waals surface area contributed by atoms with Crippen molar-refractivity contribution < 1.29 is 27.8 Å². The number of fused-ring (bicyclic) bond motifs is 1. The Hall–Kier alpha value is -3.46. The minimum absolute atomic E-state index is 0.0764. The molecule has 1 aliphatic rings. The lowest BCUT2D eigenvalue weighted by Crippen LogP contribution is -2.39. The Labute approximate surface area is 176 Å². The van der Waals surface area contributed by atoms with Crippen LogP contribution in [0.1, 0.15) is 23.0 Å². The zero-order valence-electron chi connectivity index (χ0n) is 16.3. The van der Waals surface area contributed by atoms with Gasteiger partial charge >= 0.3 is 6.36 Å². The van der Waals surface area contributed by atoms with E-state index in [0.717, 1.165) is 0 Å². The molecule has 0 saturated heterocycles. The number of halogens is 3. The van der Waals surface area contributed by atoms with E-state index in [2.05, 4.69) is 10.1 Å². The smallest absolute Gasteiger partial charge is 0.508 e. The molecule has 0 fully saturated rings. The lowest BCUT2D eigenvalue weighted by Gasteiger charge is -2.28. The lowest BCUT2D eigenvalue weighted by molar-refractivity contribution is -0.274. The number of benzene rings is 2. The van der Waals surface area contributed by atoms with Crippen molar-refractivity contribution in [2.24, 2.45) is 5.73 Å². The maximum Gasteiger partial charge on any atom is 0.573 e. The first-order valence-electron chi connectivity index (χ1n) is 9.66. The summed E-state index contributed by atoms with van der Waals surface area (Å²) in [5.41, 5.74) is 8.57. The topological polar surface area (TPSA) is 89.5 Å². The number of rotatable bonds is 5. The van der Waals surface area contributed by atoms with Crippen molar-refractivity contribution in [2.75, 3.05) is 13.1 Å². The van der Waals surface area contributed by atoms with Crippen LogP contribution in [0.5, 0.6) is 11.5 Å². The predicted octanol–water partition coefficient (Wildman–Crippen LogP) is 4.06. The molecule has 1 aliphatic heterocycles. The highest BCUT2D eigenvalue weighted by atomic mass is 19.4. The summed E-state index contributed by atoms with van der Waals surface area (Å²) in [6, 6.07) is 13.6. The normalized spacial score (nSPS) is 16.0. The molecule has 6 nitrogen and oxygen atoms in total. The van der Waals surface area contributed by atoms with E-state index in [1.165, 1.54) is 30.3 Å². The van der Waals surface area contributed by atoms with E-state index in [-0.39, 0.29) is 23.4 Å². The molecule has 2 heterocycles. The highest BCUT2D eigenvalue weighted by molar-refractivity contribution is 5.98. The molecule has 0 saturated carbocycles. The largest absolute Gasteiger partial charge is 0.573 e. The third-order valence-corrected chi connectivity index (χ3v) is 5.15. The number of nitrogens with one attached hydrogen (secondary N) is 1. The maximum atomic E-state index is 12.7. The van der Waals surface area contributed by atoms with Crippen LogP contribution in [0.25, 0.3) is 22.4 Å². The fourth-order valence-corrected chi connectivity index (χ4v) is 3.89. The quantitative estimate of drug-likeness (QED) is 0.568. The molecule has 2 aromatic carbocycles. The average Bonchev–Trinajstić information content (AvgIpc) is 3.11. The molecule has 162 valence electrons. The molecular formula is C22H20F3N3O3. The Morgan fingerprint density at radius 2 is 1.87 bits per heavy atom. The first-order chi connectivity index (χ1) is 14.8. The van der Waals surface area contributed by atoms with Crippen LogP contribution in [0.4, 0.5) is 13.2 Å². The van der Waals surface area contributed by atoms with Crippen LogP contribution in [0.3, 0.4) is 0 Å². The number of carbonyl (C=O) groups excluding carboxylic acids is 1. The first kappa shape index (κ1) is 20.8. The van der Waals surface area contributed by atoms with E-state index in [9.17, 15) is 23.1 Å². The van der Waals surface area contributed by atoms with Gasteiger partial charge in [0.15, 0.2) is 0 Å². The predicted molar refractivity (Wildman–Crippen MR) is 109 cm³/mol. The maximum absolute atomic E-state index is 12.7. The van der Waals surface area contributed by atoms with Crippen LogP contribution >= 0.6 is 0 Å². The number of carbonyl (C=O) groups is 1. The van der Waals surface area contributed by atoms with Gasteiger partial charge in [-0.05, 0) is 66.6 Å². The van der Waals surface area contributed by atoms with Crippen molar-refractivity contribution in [3.8, 4) is 33.9 Å². The van der Waals surface area contributed by atoms with Gasteiger partial charge in [-0.15, -0.1) is 13.2 Å². The lowest BCUT2D eigenvalue weighted by atomic mass is 10.0. The summed E-state index contributed by atoms with van der Waals surface area (Å²) in [4.78, 5) is 12.6. The highest BCUT2D eigenvalue weighted by Gasteiger charge is 2.32. The molecule has 31 heavy (non-hydrogen) atoms. The molecule has 1 atom stereocenters. The number of amides is 1. The summed E-state index contributed by atoms with van der Waals surface area (Å²) in [5.74, 6) is -0.552. The molecule has 1 amide bonds. The number of aromatic nitrogens is 1. The number of phenols is 1. The Bertz CT molecular complexity index is 1110. The Morgan fingerprint density at radius 1 is 1.13 bits per heavy atom. The molecule has 1 aromatic heterocycles. The van der Waals surface area contributed by atoms with Gasteiger partial charge in [0.25, 0.3) is 5.91 Å². The number of nitrogens with zero attached hydrogens (tertiary/aromatic N) is 1. The van der Waals surface area contributed by atoms with Crippen LogP contribution in [0.2, 0.25) is 0 Å². The van der Waals surface area contributed by atoms with E-state index >= 15 is 0 Å². The van der Waals surface area contributed by atoms with E-state index in [4.69, 9.17) is 5.73 Å². The van der Waals surface area contributed by atoms with E-state index in [1.807, 2.05) is 4.57 Å². The van der Waals surface area contributed by atoms with Crippen molar-refractivity contribution in [3.05, 3.63) is 60.3 Å². The van der Waals surface area contributed by atoms with Crippen molar-refractivity contribution in [1.29, 1.82) is 0 Å². The monoisotopic (exact) mass is 431 g/mol. The Kier molecular flexibility index (Phi) is 5.36. The van der Waals surface area contributed by atoms with Gasteiger partial charge in [0.1, 0.15) is 17.2 Å². The second-order valence-corrected chi connectivity index (χ2v) is 7.23. The molecule has 4 rings (SSSR count). The Balaban J connectivity index is 1.93. The van der Waals surface area contributed by atoms with Crippen LogP contribution in [0.15, 0.2) is 54.6 Å². The highest BCUT2D eigenvalue weighted by Crippen LogP contribution is 2.40. The van der Waals surface area contributed by atoms with Gasteiger partial charge in [0.05, 0.1) is 11.7 Å². The molecule has 0 unspecified atom stereocenters. The molecule has 0 spiro atoms. The number of alkyl halides is 3. The standard InChI is InChI=1S/C22H20F3N3O3/c23-22(24,25)31-17-3-1-2-14(10-17)18-11-19-21(30)27-12-15(8-9-26)28(19)20(18)13-4-6-16(29)7-5-13/h1-7,10-11,15,29H,8-9,12,26H2,(H,27,30)/t15-/m0/s1. The summed E-state index contributed by atoms with van der Waals surface area (Å²) >= 11 is 0. The third-order valence-electron chi connectivity index (χ3n) is 5.15. The number of nitrogens with two attached hydrogens (primary N) is 1. The van der Waals surface area contributed by atoms with E-state index < -0.39 is 6.36 Å². The van der Waals surface area contributed by atoms with Gasteiger partial charge in [-0.2, -0.15) is 0 Å². The van der Waals surface area contributed by atoms with Gasteiger partial charge in [0, 0.05) is 12.1 Å². The van der Waals surface area contributed by atoms with Crippen LogP contribution in [-0.4, -0.2) is 35.0 Å². The minimum atomic E-state index is -4.81. The van der Waals surface area contributed by atoms with Gasteiger partial charge in [-0.1, -0.05) is 12.1 Å². The molecular weight excluding hydrogens is 411 g/mol. The van der Waals surface area contributed by atoms with Gasteiger partial charge in [-0.3, -0.25) is 4.79 Å². The summed E-state index contributed by atoms with van der Waals surface area (Å²) in [6.07, 6.45) is -4.21. The summed E-state index contributed by atoms with van der Waals surface area (Å²) in [7, 11) is 0. The number of ether oxygens (including phenoxy) is 1. The fourth-order valence-electron chi connectivity index (χ4n) is 3.89. The van der Waals surface area contributed by atoms with Gasteiger partial charge in [0.2, 0.25) is 0 Å². The number of hydrogen-bond donors (Lipinski definition) is 3. The van der Waals surface area contributed by atoms with Crippen molar-refractivity contribution in [3.63, 3.8) is 0 Å². The second-order valence-electron chi connectivity index (χ2n) is 7.23. The number of aromatic hydroxyl groups is 1. The summed E-state index contributed by atoms with van der Waals surface area (Å²) < 4.78 is 44.1. The van der Waals surface area contributed by atoms with Crippen molar-refractivity contribution in [2.45, 2.75) is 18.8 Å². The summed E-state index contributed by atoms with van der Waals surface area (Å²) in [6.45, 7) is 0.789. The van der Waals surface area contributed by atoms with Crippen LogP contribution < -0.4 is 15.8 Å². The van der Waals surface area contributed by atoms with Crippen LogP contribution in [0, 0.1) is 0 Å². The van der Waals surface area contributed by atoms with Gasteiger partial charge < -0.3 is 25.5 Å². The number of phenolic OH excluding ortho intramolecular Hbond substituents is 1. The SMILES string of the molecule is NCC[C@H]1CNC(=O)c2cc(-c3cccc(OC(F)(F)F)c3)c(-c3ccc(O)cc3)n21. The minimum Gasteiger partial charge on any atom is -0.508 e. The first-order valence-corrected chi connectivity index (χ1v) is 9.66. The molecule has 0 aliphatic carbocycles. The molecule has 9 heteroatoms. The third kappa shape index (κ3) is 4.22. The van der Waals surface area contributed by atoms with Gasteiger partial charge in [-0.25, -0.2) is 0 Å². The molecule has 0 radical (unpaired) electrons. The van der Waals surface area contributed by atoms with Crippen molar-refractivity contribution >= 4 is 5.91 Å². The summed E-state index contributed by atoms with van der Waals surface area (Å²) in [5, 5.41) is 12.5. The zero-order valence-corrected chi connectivity index (χ0v) is 16.3. The number of hydrogen-bond acceptors (Lipinski definition) is 4. The zero-order chi connectivity index (χ0) is 22.2. The molecule has 0 bridgehead atoms. The molecule has 4 N–H and O–H groups in total. The second kappa shape index (κ2) is 7.99. The van der Waals surface area contributed by atoms with E-state index in [1.54, 1.807) is 24.3 Å². The van der Waals surface area contributed by atoms with Crippen LogP contribution in [-0.2, 0) is 0 Å². The fraction of sp³-hybridized carbons (Fsp3) is 0.227. The average molecular weight is 431 g/mol. The van der Waals surface area contributed by atoms with Crippen molar-refractivity contribution in [1.82, 2.24) is 9.88 Å². The van der Waals surface area contributed by atoms with E-state index in [0.29, 0.717) is 47.6 Å². The Morgan fingerprint density at radius 3 is 2.55 bits per heavy atom. The molecule has 3 aromatic rings.